The minimum absolute atomic E-state index is 0.172. The normalized spacial score (nSPS) is 19.4. The molecule has 1 fully saturated rings. The molecule has 0 aliphatic carbocycles. The van der Waals surface area contributed by atoms with Crippen molar-refractivity contribution in [3.63, 3.8) is 0 Å². The molecular weight excluding hydrogens is 229 g/mol. The van der Waals surface area contributed by atoms with E-state index >= 15 is 0 Å². The lowest BCUT2D eigenvalue weighted by molar-refractivity contribution is -1.08. The van der Waals surface area contributed by atoms with Crippen LogP contribution < -0.4 is 0 Å². The molecule has 1 heterocycles. The second-order valence-electron chi connectivity index (χ2n) is 3.88. The molecule has 0 spiro atoms. The summed E-state index contributed by atoms with van der Waals surface area (Å²) in [7, 11) is -4.03. The third-order valence-corrected chi connectivity index (χ3v) is 2.11. The van der Waals surface area contributed by atoms with Crippen LogP contribution >= 0.6 is 0 Å². The maximum Gasteiger partial charge on any atom is 0.673 e. The molecule has 0 aromatic carbocycles. The maximum atomic E-state index is 10.7. The molecule has 1 rings (SSSR count). The topological polar surface area (TPSA) is 26.3 Å². The van der Waals surface area contributed by atoms with Crippen molar-refractivity contribution >= 4 is 13.2 Å². The van der Waals surface area contributed by atoms with Crippen LogP contribution in [0, 0.1) is 0 Å². The van der Waals surface area contributed by atoms with Gasteiger partial charge in [0.1, 0.15) is 20.1 Å². The third kappa shape index (κ3) is 9.76. The van der Waals surface area contributed by atoms with E-state index in [4.69, 9.17) is 4.84 Å². The summed E-state index contributed by atoms with van der Waals surface area (Å²) >= 11 is 0. The first kappa shape index (κ1) is 15.2. The van der Waals surface area contributed by atoms with Crippen molar-refractivity contribution in [1.29, 1.82) is 0 Å². The first-order valence-corrected chi connectivity index (χ1v) is 5.04. The summed E-state index contributed by atoms with van der Waals surface area (Å²) in [5.41, 5.74) is 0. The van der Waals surface area contributed by atoms with E-state index in [2.05, 4.69) is 0 Å². The molecule has 0 aromatic rings. The van der Waals surface area contributed by atoms with Crippen molar-refractivity contribution in [2.75, 3.05) is 20.1 Å². The fourth-order valence-corrected chi connectivity index (χ4v) is 1.58. The summed E-state index contributed by atoms with van der Waals surface area (Å²) in [4.78, 5) is 15.9. The van der Waals surface area contributed by atoms with Crippen molar-refractivity contribution in [2.45, 2.75) is 26.2 Å². The second-order valence-corrected chi connectivity index (χ2v) is 3.88. The molecule has 16 heavy (non-hydrogen) atoms. The van der Waals surface area contributed by atoms with E-state index in [1.807, 2.05) is 7.05 Å². The highest BCUT2D eigenvalue weighted by Crippen LogP contribution is 2.16. The summed E-state index contributed by atoms with van der Waals surface area (Å²) < 4.78 is 39.5. The van der Waals surface area contributed by atoms with Gasteiger partial charge in [0.2, 0.25) is 0 Å². The number of nitrogens with zero attached hydrogens (tertiary/aromatic N) is 1. The lowest BCUT2D eigenvalue weighted by atomic mass is 10.1. The van der Waals surface area contributed by atoms with Gasteiger partial charge in [0.25, 0.3) is 0 Å². The van der Waals surface area contributed by atoms with Gasteiger partial charge in [-0.1, -0.05) is 0 Å². The molecule has 0 aromatic heterocycles. The highest BCUT2D eigenvalue weighted by Gasteiger charge is 2.28. The predicted molar refractivity (Wildman–Crippen MR) is 51.7 cm³/mol. The Hall–Kier alpha value is -0.785. The quantitative estimate of drug-likeness (QED) is 0.402. The number of quaternary nitrogens is 1. The SMILES string of the molecule is CC(=O)O[N+]1(C)CCCCC1.F[B-](F)(F)F. The van der Waals surface area contributed by atoms with Crippen molar-refractivity contribution in [1.82, 2.24) is 0 Å². The molecule has 0 N–H and O–H groups in total. The molecular formula is C8H16BF4NO2. The lowest BCUT2D eigenvalue weighted by Crippen LogP contribution is -2.48. The second kappa shape index (κ2) is 6.07. The third-order valence-electron chi connectivity index (χ3n) is 2.11. The number of carbonyl (C=O) groups excluding carboxylic acids is 1. The Balaban J connectivity index is 0.000000385. The van der Waals surface area contributed by atoms with E-state index in [-0.39, 0.29) is 5.97 Å². The van der Waals surface area contributed by atoms with E-state index in [1.54, 1.807) is 0 Å². The molecule has 8 heteroatoms. The van der Waals surface area contributed by atoms with Crippen molar-refractivity contribution in [3.05, 3.63) is 0 Å². The summed E-state index contributed by atoms with van der Waals surface area (Å²) in [5.74, 6) is -0.172. The van der Waals surface area contributed by atoms with Crippen LogP contribution in [-0.4, -0.2) is 38.0 Å². The Kier molecular flexibility index (Phi) is 5.78. The average Bonchev–Trinajstić information content (AvgIpc) is 1.99. The number of hydrogen-bond acceptors (Lipinski definition) is 2. The van der Waals surface area contributed by atoms with E-state index in [0.29, 0.717) is 4.65 Å². The molecule has 0 unspecified atom stereocenters. The summed E-state index contributed by atoms with van der Waals surface area (Å²) in [5, 5.41) is 0. The predicted octanol–water partition coefficient (Wildman–Crippen LogP) is 2.40. The van der Waals surface area contributed by atoms with E-state index < -0.39 is 7.25 Å². The van der Waals surface area contributed by atoms with Crippen LogP contribution in [0.25, 0.3) is 0 Å². The Bertz CT molecular complexity index is 223. The van der Waals surface area contributed by atoms with Crippen LogP contribution in [0.1, 0.15) is 26.2 Å². The number of halogens is 4. The van der Waals surface area contributed by atoms with Crippen LogP contribution in [0.3, 0.4) is 0 Å². The van der Waals surface area contributed by atoms with E-state index in [9.17, 15) is 22.1 Å². The molecule has 1 aliphatic heterocycles. The molecule has 0 saturated carbocycles. The minimum Gasteiger partial charge on any atom is -0.418 e. The van der Waals surface area contributed by atoms with Gasteiger partial charge in [-0.2, -0.15) is 0 Å². The summed E-state index contributed by atoms with van der Waals surface area (Å²) in [6.07, 6.45) is 3.61. The molecule has 0 amide bonds. The molecule has 1 aliphatic rings. The van der Waals surface area contributed by atoms with Crippen molar-refractivity contribution in [3.8, 4) is 0 Å². The fraction of sp³-hybridized carbons (Fsp3) is 0.875. The average molecular weight is 245 g/mol. The monoisotopic (exact) mass is 245 g/mol. The van der Waals surface area contributed by atoms with Gasteiger partial charge in [-0.3, -0.25) is 4.84 Å². The lowest BCUT2D eigenvalue weighted by Gasteiger charge is -2.33. The smallest absolute Gasteiger partial charge is 0.418 e. The largest absolute Gasteiger partial charge is 0.673 e. The van der Waals surface area contributed by atoms with Crippen molar-refractivity contribution < 1.29 is 31.5 Å². The zero-order valence-electron chi connectivity index (χ0n) is 9.39. The first-order valence-electron chi connectivity index (χ1n) is 5.04. The van der Waals surface area contributed by atoms with Gasteiger partial charge in [-0.05, 0) is 6.42 Å². The van der Waals surface area contributed by atoms with Crippen LogP contribution in [0.2, 0.25) is 0 Å². The molecule has 3 nitrogen and oxygen atoms in total. The highest BCUT2D eigenvalue weighted by molar-refractivity contribution is 6.50. The Morgan fingerprint density at radius 2 is 1.50 bits per heavy atom. The number of piperidine rings is 1. The molecule has 0 radical (unpaired) electrons. The maximum absolute atomic E-state index is 10.7. The molecule has 96 valence electrons. The Labute approximate surface area is 92.0 Å². The van der Waals surface area contributed by atoms with Gasteiger partial charge in [0, 0.05) is 19.8 Å². The number of hydroxylamine groups is 3. The van der Waals surface area contributed by atoms with Crippen LogP contribution in [0.5, 0.6) is 0 Å². The number of likely N-dealkylation sites (tertiary alicyclic amines) is 1. The standard InChI is InChI=1S/C8H16NO2.BF4/c1-8(10)11-9(2)6-4-3-5-7-9;2-1(3,4)5/h3-7H2,1-2H3;/q+1;-1. The summed E-state index contributed by atoms with van der Waals surface area (Å²) in [6.45, 7) is 3.41. The number of carbonyl (C=O) groups is 1. The van der Waals surface area contributed by atoms with Crippen LogP contribution in [0.15, 0.2) is 0 Å². The number of hydrogen-bond donors (Lipinski definition) is 0. The van der Waals surface area contributed by atoms with Crippen LogP contribution in [-0.2, 0) is 9.63 Å². The van der Waals surface area contributed by atoms with Crippen LogP contribution in [0.4, 0.5) is 17.3 Å². The van der Waals surface area contributed by atoms with E-state index in [0.717, 1.165) is 13.1 Å². The Morgan fingerprint density at radius 3 is 1.81 bits per heavy atom. The van der Waals surface area contributed by atoms with Gasteiger partial charge in [-0.25, -0.2) is 4.79 Å². The van der Waals surface area contributed by atoms with Gasteiger partial charge < -0.3 is 17.3 Å². The molecule has 0 bridgehead atoms. The zero-order chi connectivity index (χ0) is 12.8. The van der Waals surface area contributed by atoms with Gasteiger partial charge in [0.05, 0.1) is 0 Å². The molecule has 1 saturated heterocycles. The summed E-state index contributed by atoms with van der Waals surface area (Å²) in [6, 6.07) is 0. The highest BCUT2D eigenvalue weighted by atomic mass is 19.5. The van der Waals surface area contributed by atoms with E-state index in [1.165, 1.54) is 26.2 Å². The first-order chi connectivity index (χ1) is 7.12. The van der Waals surface area contributed by atoms with Gasteiger partial charge in [-0.15, -0.1) is 4.65 Å². The minimum atomic E-state index is -6.00. The van der Waals surface area contributed by atoms with Gasteiger partial charge >= 0.3 is 13.2 Å². The van der Waals surface area contributed by atoms with Crippen molar-refractivity contribution in [2.24, 2.45) is 0 Å². The molecule has 0 atom stereocenters. The zero-order valence-corrected chi connectivity index (χ0v) is 9.39. The van der Waals surface area contributed by atoms with Gasteiger partial charge in [0.15, 0.2) is 0 Å². The fourth-order valence-electron chi connectivity index (χ4n) is 1.58. The Morgan fingerprint density at radius 1 is 1.12 bits per heavy atom. The number of rotatable bonds is 1.